The first-order chi connectivity index (χ1) is 11.4. The molecular weight excluding hydrogens is 310 g/mol. The molecule has 2 saturated heterocycles. The monoisotopic (exact) mass is 331 g/mol. The summed E-state index contributed by atoms with van der Waals surface area (Å²) in [4.78, 5) is 38.0. The summed E-state index contributed by atoms with van der Waals surface area (Å²) in [6.07, 6.45) is 2.81. The number of piperidine rings is 1. The summed E-state index contributed by atoms with van der Waals surface area (Å²) in [6.45, 7) is 4.52. The van der Waals surface area contributed by atoms with Crippen molar-refractivity contribution >= 4 is 17.5 Å². The molecule has 0 N–H and O–H groups in total. The molecule has 1 spiro atoms. The normalized spacial score (nSPS) is 19.5. The number of benzene rings is 1. The van der Waals surface area contributed by atoms with Crippen LogP contribution in [0.4, 0.5) is 5.69 Å². The van der Waals surface area contributed by atoms with Gasteiger partial charge in [0.1, 0.15) is 0 Å². The first-order valence-electron chi connectivity index (χ1n) is 8.19. The molecule has 0 bridgehead atoms. The Labute approximate surface area is 140 Å². The molecule has 2 aliphatic rings. The molecular formula is C17H21N3O4. The number of rotatable bonds is 2. The van der Waals surface area contributed by atoms with Gasteiger partial charge in [-0.05, 0) is 36.8 Å². The fourth-order valence-electron chi connectivity index (χ4n) is 3.72. The number of carbonyl (C=O) groups excluding carboxylic acids is 2. The Kier molecular flexibility index (Phi) is 4.26. The summed E-state index contributed by atoms with van der Waals surface area (Å²) >= 11 is 0. The Morgan fingerprint density at radius 2 is 1.58 bits per heavy atom. The highest BCUT2D eigenvalue weighted by atomic mass is 16.6. The maximum Gasteiger partial charge on any atom is 0.269 e. The first-order valence-corrected chi connectivity index (χ1v) is 8.19. The first kappa shape index (κ1) is 16.4. The van der Waals surface area contributed by atoms with E-state index in [9.17, 15) is 19.7 Å². The third-order valence-corrected chi connectivity index (χ3v) is 5.32. The van der Waals surface area contributed by atoms with Gasteiger partial charge in [-0.25, -0.2) is 0 Å². The highest BCUT2D eigenvalue weighted by Gasteiger charge is 2.42. The molecule has 2 fully saturated rings. The van der Waals surface area contributed by atoms with Gasteiger partial charge in [0.05, 0.1) is 4.92 Å². The van der Waals surface area contributed by atoms with Crippen LogP contribution in [-0.4, -0.2) is 52.7 Å². The second-order valence-corrected chi connectivity index (χ2v) is 6.79. The average molecular weight is 331 g/mol. The topological polar surface area (TPSA) is 83.8 Å². The lowest BCUT2D eigenvalue weighted by Crippen LogP contribution is -2.43. The van der Waals surface area contributed by atoms with Gasteiger partial charge in [-0.15, -0.1) is 0 Å². The molecule has 2 aliphatic heterocycles. The lowest BCUT2D eigenvalue weighted by molar-refractivity contribution is -0.384. The fraction of sp³-hybridized carbons (Fsp3) is 0.529. The van der Waals surface area contributed by atoms with Gasteiger partial charge < -0.3 is 9.80 Å². The molecule has 1 aromatic carbocycles. The van der Waals surface area contributed by atoms with Gasteiger partial charge in [-0.3, -0.25) is 19.7 Å². The van der Waals surface area contributed by atoms with Crippen LogP contribution in [0.5, 0.6) is 0 Å². The lowest BCUT2D eigenvalue weighted by Gasteiger charge is -2.38. The number of amides is 2. The fourth-order valence-corrected chi connectivity index (χ4v) is 3.72. The molecule has 3 rings (SSSR count). The van der Waals surface area contributed by atoms with Crippen molar-refractivity contribution in [2.45, 2.75) is 26.2 Å². The predicted molar refractivity (Wildman–Crippen MR) is 87.5 cm³/mol. The van der Waals surface area contributed by atoms with Crippen molar-refractivity contribution in [1.29, 1.82) is 0 Å². The molecule has 0 aromatic heterocycles. The van der Waals surface area contributed by atoms with Crippen LogP contribution in [0.1, 0.15) is 36.5 Å². The van der Waals surface area contributed by atoms with E-state index in [1.54, 1.807) is 6.92 Å². The van der Waals surface area contributed by atoms with Crippen LogP contribution in [0.15, 0.2) is 24.3 Å². The van der Waals surface area contributed by atoms with E-state index < -0.39 is 4.92 Å². The van der Waals surface area contributed by atoms with Crippen molar-refractivity contribution in [1.82, 2.24) is 9.80 Å². The summed E-state index contributed by atoms with van der Waals surface area (Å²) in [6, 6.07) is 5.77. The minimum absolute atomic E-state index is 0.0129. The number of carbonyl (C=O) groups is 2. The number of hydrogen-bond donors (Lipinski definition) is 0. The summed E-state index contributed by atoms with van der Waals surface area (Å²) < 4.78 is 0. The largest absolute Gasteiger partial charge is 0.343 e. The number of hydrogen-bond acceptors (Lipinski definition) is 4. The molecule has 0 unspecified atom stereocenters. The zero-order chi connectivity index (χ0) is 17.3. The predicted octanol–water partition coefficient (Wildman–Crippen LogP) is 2.07. The molecule has 0 radical (unpaired) electrons. The van der Waals surface area contributed by atoms with Crippen LogP contribution in [0.2, 0.25) is 0 Å². The molecule has 2 heterocycles. The maximum absolute atomic E-state index is 12.6. The Bertz CT molecular complexity index is 663. The van der Waals surface area contributed by atoms with Gasteiger partial charge in [0.15, 0.2) is 0 Å². The quantitative estimate of drug-likeness (QED) is 0.613. The van der Waals surface area contributed by atoms with E-state index in [0.29, 0.717) is 18.7 Å². The Hall–Kier alpha value is -2.44. The van der Waals surface area contributed by atoms with Gasteiger partial charge in [-0.1, -0.05) is 0 Å². The molecule has 0 aliphatic carbocycles. The molecule has 0 atom stereocenters. The zero-order valence-corrected chi connectivity index (χ0v) is 13.7. The van der Waals surface area contributed by atoms with Gasteiger partial charge in [0.25, 0.3) is 11.6 Å². The van der Waals surface area contributed by atoms with E-state index in [2.05, 4.69) is 0 Å². The molecule has 7 heteroatoms. The number of nitro groups is 1. The zero-order valence-electron chi connectivity index (χ0n) is 13.7. The number of nitrogens with zero attached hydrogens (tertiary/aromatic N) is 3. The van der Waals surface area contributed by atoms with Crippen molar-refractivity contribution in [3.05, 3.63) is 39.9 Å². The van der Waals surface area contributed by atoms with Crippen molar-refractivity contribution in [2.75, 3.05) is 26.2 Å². The van der Waals surface area contributed by atoms with E-state index in [4.69, 9.17) is 0 Å². The summed E-state index contributed by atoms with van der Waals surface area (Å²) in [5, 5.41) is 10.7. The van der Waals surface area contributed by atoms with E-state index >= 15 is 0 Å². The van der Waals surface area contributed by atoms with E-state index in [-0.39, 0.29) is 22.9 Å². The van der Waals surface area contributed by atoms with Crippen molar-refractivity contribution in [2.24, 2.45) is 5.41 Å². The average Bonchev–Trinajstić information content (AvgIpc) is 2.98. The van der Waals surface area contributed by atoms with Gasteiger partial charge in [0, 0.05) is 50.8 Å². The van der Waals surface area contributed by atoms with Crippen LogP contribution >= 0.6 is 0 Å². The highest BCUT2D eigenvalue weighted by molar-refractivity contribution is 5.94. The van der Waals surface area contributed by atoms with Crippen molar-refractivity contribution < 1.29 is 14.5 Å². The number of nitro benzene ring substituents is 1. The second-order valence-electron chi connectivity index (χ2n) is 6.79. The third-order valence-electron chi connectivity index (χ3n) is 5.32. The Morgan fingerprint density at radius 1 is 1.04 bits per heavy atom. The van der Waals surface area contributed by atoms with Crippen LogP contribution in [0.3, 0.4) is 0 Å². The third kappa shape index (κ3) is 3.11. The van der Waals surface area contributed by atoms with Crippen LogP contribution in [0.25, 0.3) is 0 Å². The number of likely N-dealkylation sites (tertiary alicyclic amines) is 2. The maximum atomic E-state index is 12.6. The van der Waals surface area contributed by atoms with Gasteiger partial charge in [-0.2, -0.15) is 0 Å². The molecule has 24 heavy (non-hydrogen) atoms. The summed E-state index contributed by atoms with van der Waals surface area (Å²) in [5.41, 5.74) is 0.586. The lowest BCUT2D eigenvalue weighted by atomic mass is 9.78. The smallest absolute Gasteiger partial charge is 0.269 e. The van der Waals surface area contributed by atoms with E-state index in [0.717, 1.165) is 32.4 Å². The number of non-ortho nitro benzene ring substituents is 1. The van der Waals surface area contributed by atoms with Crippen molar-refractivity contribution in [3.8, 4) is 0 Å². The second kappa shape index (κ2) is 6.22. The Morgan fingerprint density at radius 3 is 2.08 bits per heavy atom. The SMILES string of the molecule is CC(=O)N1CCC2(CC1)CCN(C(=O)c1ccc([N+](=O)[O-])cc1)C2. The summed E-state index contributed by atoms with van der Waals surface area (Å²) in [5.74, 6) is 0.0393. The molecule has 128 valence electrons. The van der Waals surface area contributed by atoms with Crippen LogP contribution in [0, 0.1) is 15.5 Å². The van der Waals surface area contributed by atoms with Crippen molar-refractivity contribution in [3.63, 3.8) is 0 Å². The highest BCUT2D eigenvalue weighted by Crippen LogP contribution is 2.40. The molecule has 2 amide bonds. The van der Waals surface area contributed by atoms with Gasteiger partial charge in [0.2, 0.25) is 5.91 Å². The Balaban J connectivity index is 1.64. The van der Waals surface area contributed by atoms with Crippen LogP contribution in [-0.2, 0) is 4.79 Å². The van der Waals surface area contributed by atoms with E-state index in [1.165, 1.54) is 24.3 Å². The minimum atomic E-state index is -0.470. The molecule has 7 nitrogen and oxygen atoms in total. The standard InChI is InChI=1S/C17H21N3O4/c1-13(21)18-9-6-17(7-10-18)8-11-19(12-17)16(22)14-2-4-15(5-3-14)20(23)24/h2-5H,6-12H2,1H3. The molecule has 1 aromatic rings. The minimum Gasteiger partial charge on any atom is -0.343 e. The molecule has 0 saturated carbocycles. The van der Waals surface area contributed by atoms with Gasteiger partial charge >= 0.3 is 0 Å². The van der Waals surface area contributed by atoms with E-state index in [1.807, 2.05) is 9.80 Å². The summed E-state index contributed by atoms with van der Waals surface area (Å²) in [7, 11) is 0. The van der Waals surface area contributed by atoms with Crippen LogP contribution < -0.4 is 0 Å².